The minimum absolute atomic E-state index is 0.298. The van der Waals surface area contributed by atoms with Gasteiger partial charge in [-0.1, -0.05) is 0 Å². The van der Waals surface area contributed by atoms with Crippen LogP contribution in [0.5, 0.6) is 11.5 Å². The van der Waals surface area contributed by atoms with E-state index in [2.05, 4.69) is 0 Å². The molecule has 0 heterocycles. The maximum atomic E-state index is 12.6. The van der Waals surface area contributed by atoms with Crippen molar-refractivity contribution in [3.8, 4) is 11.5 Å². The molecular formula is C19H21F3O4PoS. The molecule has 2 aromatic rings. The summed E-state index contributed by atoms with van der Waals surface area (Å²) in [5, 5.41) is 0. The molecule has 1 unspecified atom stereocenters. The molecule has 2 rings (SSSR count). The summed E-state index contributed by atoms with van der Waals surface area (Å²) >= 11 is -1.13. The van der Waals surface area contributed by atoms with Gasteiger partial charge in [-0.15, -0.1) is 0 Å². The summed E-state index contributed by atoms with van der Waals surface area (Å²) in [6.07, 6.45) is -2.71. The number of halogens is 3. The van der Waals surface area contributed by atoms with Crippen LogP contribution in [-0.2, 0) is 22.7 Å². The summed E-state index contributed by atoms with van der Waals surface area (Å²) in [5.74, 6) is 0.792. The number of hydrogen-bond acceptors (Lipinski definition) is 3. The monoisotopic (exact) mass is 611 g/mol. The fraction of sp³-hybridized carbons (Fsp3) is 0.368. The summed E-state index contributed by atoms with van der Waals surface area (Å²) in [6, 6.07) is 11.6. The van der Waals surface area contributed by atoms with Gasteiger partial charge in [0.05, 0.1) is 0 Å². The van der Waals surface area contributed by atoms with Gasteiger partial charge in [0.1, 0.15) is 0 Å². The van der Waals surface area contributed by atoms with Crippen molar-refractivity contribution in [1.82, 2.24) is 0 Å². The first-order valence-corrected chi connectivity index (χ1v) is 14.2. The van der Waals surface area contributed by atoms with Crippen molar-refractivity contribution >= 4 is 33.7 Å². The van der Waals surface area contributed by atoms with Gasteiger partial charge in [-0.05, 0) is 0 Å². The minimum atomic E-state index is -4.39. The van der Waals surface area contributed by atoms with Crippen LogP contribution in [0.1, 0.15) is 30.9 Å². The molecule has 0 radical (unpaired) electrons. The van der Waals surface area contributed by atoms with Gasteiger partial charge in [-0.3, -0.25) is 0 Å². The van der Waals surface area contributed by atoms with Crippen LogP contribution in [-0.4, -0.2) is 39.4 Å². The van der Waals surface area contributed by atoms with Crippen molar-refractivity contribution in [2.45, 2.75) is 39.4 Å². The van der Waals surface area contributed by atoms with E-state index in [1.807, 2.05) is 13.0 Å². The Labute approximate surface area is 174 Å². The molecule has 0 aliphatic heterocycles. The standard InChI is InChI=1S/C17H16F3O4S.C2H5.Po/c18-17(19,20)14-7-9-15(10-8-14)24-16-6-3-5-13(12-16)4-1-2-11-25(21,22)23;1-2;/h3,5-12H,1-2,4H2,(H,21,22,23);1H2,2H3;. The van der Waals surface area contributed by atoms with Crippen LogP contribution >= 0.6 is 0 Å². The van der Waals surface area contributed by atoms with E-state index in [-0.39, 0.29) is 0 Å². The van der Waals surface area contributed by atoms with E-state index in [1.54, 1.807) is 18.2 Å². The molecule has 0 amide bonds. The first kappa shape index (κ1) is 23.1. The zero-order valence-corrected chi connectivity index (χ0v) is 19.1. The molecule has 0 saturated heterocycles. The van der Waals surface area contributed by atoms with Gasteiger partial charge in [0.2, 0.25) is 0 Å². The van der Waals surface area contributed by atoms with Crippen LogP contribution in [0.15, 0.2) is 48.5 Å². The van der Waals surface area contributed by atoms with Gasteiger partial charge in [-0.2, -0.15) is 13.2 Å². The number of rotatable bonds is 9. The molecule has 1 atom stereocenters. The Kier molecular flexibility index (Phi) is 8.29. The Bertz CT molecular complexity index is 867. The third-order valence-corrected chi connectivity index (χ3v) is 12.5. The summed E-state index contributed by atoms with van der Waals surface area (Å²) in [5.41, 5.74) is 0.193. The number of hydrogen-bond donors (Lipinski definition) is 1. The fourth-order valence-corrected chi connectivity index (χ4v) is 9.17. The van der Waals surface area contributed by atoms with E-state index in [0.717, 1.165) is 21.8 Å². The third-order valence-electron chi connectivity index (χ3n) is 3.91. The predicted octanol–water partition coefficient (Wildman–Crippen LogP) is 5.18. The molecule has 0 bridgehead atoms. The molecule has 0 aliphatic rings. The molecule has 0 aliphatic carbocycles. The number of alkyl halides is 3. The summed E-state index contributed by atoms with van der Waals surface area (Å²) in [4.78, 5) is 0. The van der Waals surface area contributed by atoms with E-state index < -0.39 is 48.3 Å². The average Bonchev–Trinajstić information content (AvgIpc) is 2.60. The van der Waals surface area contributed by atoms with Crippen LogP contribution in [0.2, 0.25) is 4.08 Å². The number of ether oxygens (including phenoxy) is 1. The van der Waals surface area contributed by atoms with Crippen molar-refractivity contribution < 1.29 is 30.9 Å². The molecule has 0 fully saturated rings. The molecule has 1 N–H and O–H groups in total. The average molecular weight is 611 g/mol. The van der Waals surface area contributed by atoms with E-state index in [0.29, 0.717) is 30.8 Å². The zero-order valence-electron chi connectivity index (χ0n) is 15.1. The Balaban J connectivity index is 1.96. The van der Waals surface area contributed by atoms with E-state index in [1.165, 1.54) is 12.1 Å². The van der Waals surface area contributed by atoms with Crippen molar-refractivity contribution in [1.29, 1.82) is 0 Å². The van der Waals surface area contributed by atoms with Gasteiger partial charge in [0.25, 0.3) is 0 Å². The number of benzene rings is 2. The van der Waals surface area contributed by atoms with Crippen molar-refractivity contribution in [3.63, 3.8) is 0 Å². The normalized spacial score (nSPS) is 13.3. The first-order valence-electron chi connectivity index (χ1n) is 8.61. The molecule has 154 valence electrons. The second-order valence-electron chi connectivity index (χ2n) is 6.06. The molecule has 4 nitrogen and oxygen atoms in total. The Morgan fingerprint density at radius 2 is 1.79 bits per heavy atom. The van der Waals surface area contributed by atoms with Crippen molar-refractivity contribution in [3.05, 3.63) is 59.7 Å². The zero-order chi connectivity index (χ0) is 20.8. The second-order valence-corrected chi connectivity index (χ2v) is 14.7. The molecule has 0 saturated carbocycles. The van der Waals surface area contributed by atoms with Gasteiger partial charge in [0.15, 0.2) is 0 Å². The van der Waals surface area contributed by atoms with Gasteiger partial charge in [0, 0.05) is 0 Å². The Morgan fingerprint density at radius 1 is 1.11 bits per heavy atom. The topological polar surface area (TPSA) is 63.6 Å². The van der Waals surface area contributed by atoms with Crippen LogP contribution in [0.3, 0.4) is 0 Å². The number of aryl methyl sites for hydroxylation is 1. The predicted molar refractivity (Wildman–Crippen MR) is 102 cm³/mol. The fourth-order valence-electron chi connectivity index (χ4n) is 2.59. The van der Waals surface area contributed by atoms with Gasteiger partial charge < -0.3 is 0 Å². The van der Waals surface area contributed by atoms with E-state index in [4.69, 9.17) is 4.74 Å². The van der Waals surface area contributed by atoms with Crippen LogP contribution < -0.4 is 4.74 Å². The quantitative estimate of drug-likeness (QED) is 0.398. The van der Waals surface area contributed by atoms with E-state index >= 15 is 0 Å². The Morgan fingerprint density at radius 3 is 2.36 bits per heavy atom. The van der Waals surface area contributed by atoms with Crippen LogP contribution in [0.4, 0.5) is 13.2 Å². The van der Waals surface area contributed by atoms with Gasteiger partial charge in [-0.25, -0.2) is 0 Å². The second kappa shape index (κ2) is 10.0. The SMILES string of the molecule is C[CH2][Po][CH](CCCc1cccc(Oc2ccc(C(F)(F)F)cc2)c1)S(=O)(=O)O. The van der Waals surface area contributed by atoms with Crippen molar-refractivity contribution in [2.75, 3.05) is 0 Å². The molecular weight excluding hydrogens is 590 g/mol. The molecule has 2 aromatic carbocycles. The Hall–Kier alpha value is -1.16. The molecule has 9 heteroatoms. The van der Waals surface area contributed by atoms with Crippen LogP contribution in [0, 0.1) is 0 Å². The van der Waals surface area contributed by atoms with Crippen molar-refractivity contribution in [2.24, 2.45) is 0 Å². The van der Waals surface area contributed by atoms with Gasteiger partial charge >= 0.3 is 162 Å². The molecule has 0 aromatic heterocycles. The summed E-state index contributed by atoms with van der Waals surface area (Å²) < 4.78 is 75.8. The van der Waals surface area contributed by atoms with E-state index in [9.17, 15) is 26.1 Å². The summed E-state index contributed by atoms with van der Waals surface area (Å²) in [6.45, 7) is 1.94. The molecule has 28 heavy (non-hydrogen) atoms. The third kappa shape index (κ3) is 7.34. The van der Waals surface area contributed by atoms with Crippen LogP contribution in [0.25, 0.3) is 0 Å². The molecule has 0 spiro atoms. The first-order chi connectivity index (χ1) is 13.1. The maximum absolute atomic E-state index is 12.6. The summed E-state index contributed by atoms with van der Waals surface area (Å²) in [7, 11) is -3.98.